The Kier molecular flexibility index (Phi) is 8.74. The Labute approximate surface area is 199 Å². The molecule has 0 fully saturated rings. The molecular weight excluding hydrogens is 410 g/mol. The van der Waals surface area contributed by atoms with Gasteiger partial charge in [0.15, 0.2) is 0 Å². The van der Waals surface area contributed by atoms with E-state index in [1.807, 2.05) is 57.2 Å². The number of carbonyl (C=O) groups is 1. The summed E-state index contributed by atoms with van der Waals surface area (Å²) in [6.07, 6.45) is 1.48. The SMILES string of the molecule is CCOC(=O)C(C)(C)C(C)(C)CC(c1ccccc1)C(C)(C)CC(N=[N+]=[N-])c1ccccc1. The minimum atomic E-state index is -0.657. The maximum Gasteiger partial charge on any atom is 0.312 e. The lowest BCUT2D eigenvalue weighted by atomic mass is 9.58. The third-order valence-corrected chi connectivity index (χ3v) is 7.43. The van der Waals surface area contributed by atoms with Gasteiger partial charge >= 0.3 is 5.97 Å². The Hall–Kier alpha value is -2.78. The molecule has 33 heavy (non-hydrogen) atoms. The number of azide groups is 1. The molecule has 0 heterocycles. The number of nitrogens with zero attached hydrogens (tertiary/aromatic N) is 3. The maximum absolute atomic E-state index is 12.8. The van der Waals surface area contributed by atoms with Gasteiger partial charge in [-0.05, 0) is 67.0 Å². The zero-order valence-electron chi connectivity index (χ0n) is 21.2. The van der Waals surface area contributed by atoms with Crippen LogP contribution in [0.2, 0.25) is 0 Å². The summed E-state index contributed by atoms with van der Waals surface area (Å²) in [5.74, 6) is -0.0293. The van der Waals surface area contributed by atoms with Crippen molar-refractivity contribution in [2.75, 3.05) is 6.61 Å². The molecule has 5 heteroatoms. The van der Waals surface area contributed by atoms with Gasteiger partial charge in [-0.15, -0.1) is 0 Å². The second-order valence-corrected chi connectivity index (χ2v) is 10.7. The molecule has 178 valence electrons. The monoisotopic (exact) mass is 449 g/mol. The fraction of sp³-hybridized carbons (Fsp3) is 0.536. The van der Waals surface area contributed by atoms with E-state index in [4.69, 9.17) is 4.74 Å². The molecule has 5 nitrogen and oxygen atoms in total. The fourth-order valence-electron chi connectivity index (χ4n) is 4.49. The van der Waals surface area contributed by atoms with Gasteiger partial charge in [-0.1, -0.05) is 93.5 Å². The van der Waals surface area contributed by atoms with Gasteiger partial charge in [-0.3, -0.25) is 4.79 Å². The highest BCUT2D eigenvalue weighted by molar-refractivity contribution is 5.77. The van der Waals surface area contributed by atoms with Crippen molar-refractivity contribution in [1.29, 1.82) is 0 Å². The molecule has 0 amide bonds. The van der Waals surface area contributed by atoms with Crippen LogP contribution in [0, 0.1) is 16.2 Å². The first-order valence-corrected chi connectivity index (χ1v) is 11.8. The average molecular weight is 450 g/mol. The molecule has 0 aliphatic rings. The number of esters is 1. The molecule has 0 spiro atoms. The Balaban J connectivity index is 2.46. The molecule has 2 rings (SSSR count). The molecule has 0 saturated carbocycles. The molecule has 0 aromatic heterocycles. The lowest BCUT2D eigenvalue weighted by molar-refractivity contribution is -0.161. The molecule has 0 N–H and O–H groups in total. The fourth-order valence-corrected chi connectivity index (χ4v) is 4.49. The third-order valence-electron chi connectivity index (χ3n) is 7.43. The summed E-state index contributed by atoms with van der Waals surface area (Å²) in [5, 5.41) is 4.16. The smallest absolute Gasteiger partial charge is 0.312 e. The Morgan fingerprint density at radius 3 is 1.91 bits per heavy atom. The van der Waals surface area contributed by atoms with Crippen LogP contribution >= 0.6 is 0 Å². The average Bonchev–Trinajstić information content (AvgIpc) is 2.78. The van der Waals surface area contributed by atoms with E-state index in [1.165, 1.54) is 5.56 Å². The minimum Gasteiger partial charge on any atom is -0.466 e. The molecule has 0 saturated heterocycles. The number of ether oxygens (including phenoxy) is 1. The second kappa shape index (κ2) is 10.9. The lowest BCUT2D eigenvalue weighted by Crippen LogP contribution is -2.43. The second-order valence-electron chi connectivity index (χ2n) is 10.7. The van der Waals surface area contributed by atoms with Crippen LogP contribution < -0.4 is 0 Å². The predicted molar refractivity (Wildman–Crippen MR) is 135 cm³/mol. The molecule has 0 aliphatic carbocycles. The van der Waals surface area contributed by atoms with Gasteiger partial charge in [0.05, 0.1) is 18.1 Å². The number of hydrogen-bond donors (Lipinski definition) is 0. The summed E-state index contributed by atoms with van der Waals surface area (Å²) in [7, 11) is 0. The van der Waals surface area contributed by atoms with Crippen molar-refractivity contribution in [2.24, 2.45) is 21.4 Å². The van der Waals surface area contributed by atoms with Crippen LogP contribution in [0.3, 0.4) is 0 Å². The van der Waals surface area contributed by atoms with E-state index < -0.39 is 5.41 Å². The van der Waals surface area contributed by atoms with Crippen LogP contribution in [0.4, 0.5) is 0 Å². The van der Waals surface area contributed by atoms with Gasteiger partial charge < -0.3 is 4.74 Å². The summed E-state index contributed by atoms with van der Waals surface area (Å²) < 4.78 is 5.43. The number of hydrogen-bond acceptors (Lipinski definition) is 3. The zero-order chi connectivity index (χ0) is 24.7. The van der Waals surface area contributed by atoms with E-state index in [9.17, 15) is 10.3 Å². The van der Waals surface area contributed by atoms with Crippen molar-refractivity contribution >= 4 is 5.97 Å². The van der Waals surface area contributed by atoms with E-state index in [0.717, 1.165) is 12.0 Å². The van der Waals surface area contributed by atoms with E-state index in [1.54, 1.807) is 0 Å². The van der Waals surface area contributed by atoms with Crippen LogP contribution in [-0.2, 0) is 9.53 Å². The van der Waals surface area contributed by atoms with E-state index in [0.29, 0.717) is 13.0 Å². The summed E-state index contributed by atoms with van der Waals surface area (Å²) >= 11 is 0. The maximum atomic E-state index is 12.8. The number of carbonyl (C=O) groups excluding carboxylic acids is 1. The summed E-state index contributed by atoms with van der Waals surface area (Å²) in [5.41, 5.74) is 10.3. The largest absolute Gasteiger partial charge is 0.466 e. The van der Waals surface area contributed by atoms with Crippen molar-refractivity contribution in [3.8, 4) is 0 Å². The molecule has 2 aromatic rings. The normalized spacial score (nSPS) is 14.2. The van der Waals surface area contributed by atoms with Crippen molar-refractivity contribution in [3.05, 3.63) is 82.2 Å². The molecular formula is C28H39N3O2. The first kappa shape index (κ1) is 26.5. The highest BCUT2D eigenvalue weighted by Crippen LogP contribution is 2.53. The molecule has 0 bridgehead atoms. The van der Waals surface area contributed by atoms with Gasteiger partial charge in [0, 0.05) is 4.91 Å². The van der Waals surface area contributed by atoms with Crippen LogP contribution in [-0.4, -0.2) is 12.6 Å². The summed E-state index contributed by atoms with van der Waals surface area (Å²) in [6.45, 7) is 14.9. The van der Waals surface area contributed by atoms with Crippen molar-refractivity contribution in [1.82, 2.24) is 0 Å². The topological polar surface area (TPSA) is 75.1 Å². The van der Waals surface area contributed by atoms with Crippen molar-refractivity contribution in [3.63, 3.8) is 0 Å². The first-order chi connectivity index (χ1) is 15.5. The molecule has 0 aliphatic heterocycles. The molecule has 2 aromatic carbocycles. The quantitative estimate of drug-likeness (QED) is 0.150. The number of rotatable bonds is 11. The van der Waals surface area contributed by atoms with E-state index >= 15 is 0 Å². The predicted octanol–water partition coefficient (Wildman–Crippen LogP) is 8.24. The van der Waals surface area contributed by atoms with Gasteiger partial charge in [-0.2, -0.15) is 0 Å². The Morgan fingerprint density at radius 2 is 1.42 bits per heavy atom. The van der Waals surface area contributed by atoms with E-state index in [2.05, 4.69) is 62.0 Å². The third kappa shape index (κ3) is 6.39. The summed E-state index contributed by atoms with van der Waals surface area (Å²) in [6, 6.07) is 20.1. The Bertz CT molecular complexity index is 946. The standard InChI is InChI=1S/C28H39N3O2/c1-8-33-25(32)28(6,7)27(4,5)19-23(21-15-11-9-12-16-21)26(2,3)20-24(30-31-29)22-17-13-10-14-18-22/h9-18,23-24H,8,19-20H2,1-7H3. The molecule has 0 radical (unpaired) electrons. The van der Waals surface area contributed by atoms with Crippen LogP contribution in [0.5, 0.6) is 0 Å². The molecule has 2 unspecified atom stereocenters. The van der Waals surface area contributed by atoms with Crippen LogP contribution in [0.25, 0.3) is 10.4 Å². The first-order valence-electron chi connectivity index (χ1n) is 11.8. The minimum absolute atomic E-state index is 0.141. The van der Waals surface area contributed by atoms with Gasteiger partial charge in [-0.25, -0.2) is 0 Å². The Morgan fingerprint density at radius 1 is 0.909 bits per heavy atom. The van der Waals surface area contributed by atoms with Crippen molar-refractivity contribution in [2.45, 2.75) is 73.3 Å². The lowest BCUT2D eigenvalue weighted by Gasteiger charge is -2.46. The van der Waals surface area contributed by atoms with E-state index in [-0.39, 0.29) is 28.8 Å². The van der Waals surface area contributed by atoms with Gasteiger partial charge in [0.25, 0.3) is 0 Å². The van der Waals surface area contributed by atoms with Crippen molar-refractivity contribution < 1.29 is 9.53 Å². The van der Waals surface area contributed by atoms with Gasteiger partial charge in [0.2, 0.25) is 0 Å². The zero-order valence-corrected chi connectivity index (χ0v) is 21.2. The van der Waals surface area contributed by atoms with Crippen LogP contribution in [0.1, 0.15) is 84.4 Å². The number of benzene rings is 2. The molecule has 2 atom stereocenters. The van der Waals surface area contributed by atoms with Crippen LogP contribution in [0.15, 0.2) is 65.8 Å². The highest BCUT2D eigenvalue weighted by atomic mass is 16.5. The highest BCUT2D eigenvalue weighted by Gasteiger charge is 2.47. The summed E-state index contributed by atoms with van der Waals surface area (Å²) in [4.78, 5) is 16.0. The van der Waals surface area contributed by atoms with Gasteiger partial charge in [0.1, 0.15) is 0 Å².